The number of nitrogens with zero attached hydrogens (tertiary/aromatic N) is 1. The second kappa shape index (κ2) is 9.06. The molecule has 3 heteroatoms. The summed E-state index contributed by atoms with van der Waals surface area (Å²) < 4.78 is 5.84. The van der Waals surface area contributed by atoms with Gasteiger partial charge in [-0.15, -0.1) is 0 Å². The van der Waals surface area contributed by atoms with Crippen molar-refractivity contribution >= 4 is 0 Å². The van der Waals surface area contributed by atoms with E-state index in [1.165, 1.54) is 5.56 Å². The second-order valence-electron chi connectivity index (χ2n) is 4.53. The van der Waals surface area contributed by atoms with Crippen LogP contribution in [-0.2, 0) is 11.2 Å². The Kier molecular flexibility index (Phi) is 7.62. The third-order valence-corrected chi connectivity index (χ3v) is 3.07. The van der Waals surface area contributed by atoms with Crippen LogP contribution in [0.3, 0.4) is 0 Å². The molecule has 3 nitrogen and oxygen atoms in total. The van der Waals surface area contributed by atoms with E-state index in [0.717, 1.165) is 32.4 Å². The molecule has 0 spiro atoms. The number of rotatable bonds is 9. The van der Waals surface area contributed by atoms with E-state index < -0.39 is 0 Å². The molecule has 2 unspecified atom stereocenters. The van der Waals surface area contributed by atoms with Crippen LogP contribution in [0.15, 0.2) is 24.5 Å². The van der Waals surface area contributed by atoms with Gasteiger partial charge in [0, 0.05) is 25.0 Å². The maximum absolute atomic E-state index is 5.84. The largest absolute Gasteiger partial charge is 0.377 e. The van der Waals surface area contributed by atoms with Crippen LogP contribution in [0.25, 0.3) is 0 Å². The Morgan fingerprint density at radius 3 is 2.72 bits per heavy atom. The van der Waals surface area contributed by atoms with Crippen molar-refractivity contribution in [3.63, 3.8) is 0 Å². The van der Waals surface area contributed by atoms with Crippen LogP contribution in [0, 0.1) is 0 Å². The van der Waals surface area contributed by atoms with Crippen molar-refractivity contribution in [1.29, 1.82) is 0 Å². The minimum absolute atomic E-state index is 0.279. The first-order valence-electron chi connectivity index (χ1n) is 7.05. The van der Waals surface area contributed by atoms with Gasteiger partial charge in [-0.1, -0.05) is 19.9 Å². The van der Waals surface area contributed by atoms with Crippen LogP contribution in [0.1, 0.15) is 39.2 Å². The number of hydrogen-bond acceptors (Lipinski definition) is 3. The van der Waals surface area contributed by atoms with Crippen molar-refractivity contribution in [2.45, 2.75) is 52.2 Å². The number of nitrogens with one attached hydrogen (secondary N) is 1. The van der Waals surface area contributed by atoms with Crippen molar-refractivity contribution in [1.82, 2.24) is 10.3 Å². The highest BCUT2D eigenvalue weighted by atomic mass is 16.5. The molecule has 0 aromatic carbocycles. The molecule has 18 heavy (non-hydrogen) atoms. The normalized spacial score (nSPS) is 14.4. The molecule has 1 aromatic heterocycles. The van der Waals surface area contributed by atoms with Gasteiger partial charge in [-0.3, -0.25) is 4.98 Å². The molecule has 0 saturated heterocycles. The van der Waals surface area contributed by atoms with Gasteiger partial charge in [-0.05, 0) is 44.4 Å². The van der Waals surface area contributed by atoms with Crippen LogP contribution in [0.2, 0.25) is 0 Å². The van der Waals surface area contributed by atoms with Gasteiger partial charge in [0.05, 0.1) is 6.10 Å². The minimum atomic E-state index is 0.279. The highest BCUT2D eigenvalue weighted by Gasteiger charge is 2.19. The van der Waals surface area contributed by atoms with E-state index >= 15 is 0 Å². The number of aromatic nitrogens is 1. The third-order valence-electron chi connectivity index (χ3n) is 3.07. The number of hydrogen-bond donors (Lipinski definition) is 1. The van der Waals surface area contributed by atoms with Gasteiger partial charge in [0.1, 0.15) is 0 Å². The van der Waals surface area contributed by atoms with Crippen LogP contribution < -0.4 is 5.32 Å². The van der Waals surface area contributed by atoms with Crippen molar-refractivity contribution < 1.29 is 4.74 Å². The molecule has 2 atom stereocenters. The minimum Gasteiger partial charge on any atom is -0.377 e. The van der Waals surface area contributed by atoms with Crippen molar-refractivity contribution in [3.05, 3.63) is 30.1 Å². The summed E-state index contributed by atoms with van der Waals surface area (Å²) in [5, 5.41) is 3.60. The number of pyridine rings is 1. The molecule has 0 aliphatic heterocycles. The summed E-state index contributed by atoms with van der Waals surface area (Å²) in [6, 6.07) is 4.50. The standard InChI is InChI=1S/C15H26N2O/c1-4-9-17-14(15(5-2)18-6-3)11-13-8-7-10-16-12-13/h7-8,10,12,14-15,17H,4-6,9,11H2,1-3H3. The molecule has 0 aliphatic rings. The maximum Gasteiger partial charge on any atom is 0.0728 e. The molecular weight excluding hydrogens is 224 g/mol. The van der Waals surface area contributed by atoms with Crippen molar-refractivity contribution in [3.8, 4) is 0 Å². The average Bonchev–Trinajstić information content (AvgIpc) is 2.42. The molecule has 102 valence electrons. The molecule has 0 radical (unpaired) electrons. The molecule has 0 saturated carbocycles. The zero-order valence-electron chi connectivity index (χ0n) is 11.9. The first kappa shape index (κ1) is 15.1. The lowest BCUT2D eigenvalue weighted by atomic mass is 10.0. The Morgan fingerprint density at radius 2 is 2.17 bits per heavy atom. The van der Waals surface area contributed by atoms with Gasteiger partial charge in [0.2, 0.25) is 0 Å². The smallest absolute Gasteiger partial charge is 0.0728 e. The Bertz CT molecular complexity index is 303. The van der Waals surface area contributed by atoms with Gasteiger partial charge in [0.15, 0.2) is 0 Å². The van der Waals surface area contributed by atoms with Gasteiger partial charge in [-0.2, -0.15) is 0 Å². The Balaban J connectivity index is 2.64. The molecule has 0 amide bonds. The molecule has 1 rings (SSSR count). The quantitative estimate of drug-likeness (QED) is 0.732. The summed E-state index contributed by atoms with van der Waals surface area (Å²) >= 11 is 0. The number of ether oxygens (including phenoxy) is 1. The fraction of sp³-hybridized carbons (Fsp3) is 0.667. The third kappa shape index (κ3) is 5.15. The molecular formula is C15H26N2O. The molecule has 1 heterocycles. The maximum atomic E-state index is 5.84. The van der Waals surface area contributed by atoms with E-state index in [4.69, 9.17) is 4.74 Å². The summed E-state index contributed by atoms with van der Waals surface area (Å²) in [7, 11) is 0. The van der Waals surface area contributed by atoms with Gasteiger partial charge in [0.25, 0.3) is 0 Å². The van der Waals surface area contributed by atoms with Crippen LogP contribution >= 0.6 is 0 Å². The first-order valence-corrected chi connectivity index (χ1v) is 7.05. The fourth-order valence-corrected chi connectivity index (χ4v) is 2.17. The Morgan fingerprint density at radius 1 is 1.33 bits per heavy atom. The predicted molar refractivity (Wildman–Crippen MR) is 75.7 cm³/mol. The lowest BCUT2D eigenvalue weighted by molar-refractivity contribution is 0.0319. The average molecular weight is 250 g/mol. The molecule has 0 aliphatic carbocycles. The SMILES string of the molecule is CCCNC(Cc1cccnc1)C(CC)OCC. The summed E-state index contributed by atoms with van der Waals surface area (Å²) in [6.45, 7) is 8.24. The van der Waals surface area contributed by atoms with E-state index in [1.807, 2.05) is 18.5 Å². The molecule has 1 aromatic rings. The van der Waals surface area contributed by atoms with E-state index in [-0.39, 0.29) is 6.10 Å². The topological polar surface area (TPSA) is 34.2 Å². The predicted octanol–water partition coefficient (Wildman–Crippen LogP) is 2.81. The molecule has 0 fully saturated rings. The summed E-state index contributed by atoms with van der Waals surface area (Å²) in [4.78, 5) is 4.18. The van der Waals surface area contributed by atoms with E-state index in [2.05, 4.69) is 37.1 Å². The fourth-order valence-electron chi connectivity index (χ4n) is 2.17. The van der Waals surface area contributed by atoms with E-state index in [9.17, 15) is 0 Å². The first-order chi connectivity index (χ1) is 8.81. The Hall–Kier alpha value is -0.930. The van der Waals surface area contributed by atoms with Gasteiger partial charge < -0.3 is 10.1 Å². The second-order valence-corrected chi connectivity index (χ2v) is 4.53. The lowest BCUT2D eigenvalue weighted by Crippen LogP contribution is -2.43. The zero-order chi connectivity index (χ0) is 13.2. The summed E-state index contributed by atoms with van der Waals surface area (Å²) in [5.41, 5.74) is 1.27. The van der Waals surface area contributed by atoms with Gasteiger partial charge in [-0.25, -0.2) is 0 Å². The van der Waals surface area contributed by atoms with Crippen LogP contribution in [0.5, 0.6) is 0 Å². The Labute approximate surface area is 111 Å². The lowest BCUT2D eigenvalue weighted by Gasteiger charge is -2.27. The van der Waals surface area contributed by atoms with E-state index in [0.29, 0.717) is 6.04 Å². The zero-order valence-corrected chi connectivity index (χ0v) is 11.9. The van der Waals surface area contributed by atoms with Crippen molar-refractivity contribution in [2.24, 2.45) is 0 Å². The van der Waals surface area contributed by atoms with Gasteiger partial charge >= 0.3 is 0 Å². The summed E-state index contributed by atoms with van der Waals surface area (Å²) in [6.07, 6.45) is 7.20. The monoisotopic (exact) mass is 250 g/mol. The highest BCUT2D eigenvalue weighted by Crippen LogP contribution is 2.11. The van der Waals surface area contributed by atoms with Crippen LogP contribution in [0.4, 0.5) is 0 Å². The highest BCUT2D eigenvalue weighted by molar-refractivity contribution is 5.10. The summed E-state index contributed by atoms with van der Waals surface area (Å²) in [5.74, 6) is 0. The van der Waals surface area contributed by atoms with Crippen LogP contribution in [-0.4, -0.2) is 30.3 Å². The van der Waals surface area contributed by atoms with E-state index in [1.54, 1.807) is 0 Å². The molecule has 1 N–H and O–H groups in total. The molecule has 0 bridgehead atoms. The van der Waals surface area contributed by atoms with Crippen molar-refractivity contribution in [2.75, 3.05) is 13.2 Å².